The number of amidine groups is 1. The predicted octanol–water partition coefficient (Wildman–Crippen LogP) is 1.28. The van der Waals surface area contributed by atoms with E-state index in [-0.39, 0.29) is 18.0 Å². The average Bonchev–Trinajstić information content (AvgIpc) is 3.13. The summed E-state index contributed by atoms with van der Waals surface area (Å²) in [5, 5.41) is -3.41. The number of rotatable bonds is 3. The fourth-order valence-electron chi connectivity index (χ4n) is 6.40. The zero-order valence-corrected chi connectivity index (χ0v) is 19.0. The first-order chi connectivity index (χ1) is 15.9. The molecule has 0 amide bonds. The summed E-state index contributed by atoms with van der Waals surface area (Å²) in [5.74, 6) is -0.403. The molecule has 2 aliphatic carbocycles. The van der Waals surface area contributed by atoms with Crippen molar-refractivity contribution in [3.05, 3.63) is 53.6 Å². The van der Waals surface area contributed by atoms with Crippen molar-refractivity contribution in [3.8, 4) is 11.1 Å². The molecule has 2 heterocycles. The number of fused-ring (bicyclic) bond motifs is 3. The van der Waals surface area contributed by atoms with E-state index < -0.39 is 27.5 Å². The first kappa shape index (κ1) is 23.6. The average molecular weight is 444 g/mol. The van der Waals surface area contributed by atoms with Crippen molar-refractivity contribution in [2.45, 2.75) is 54.9 Å². The topological polar surface area (TPSA) is 69.7 Å². The van der Waals surface area contributed by atoms with Crippen molar-refractivity contribution in [1.29, 1.82) is 0 Å². The molecule has 2 N–H and O–H groups in total. The molecule has 0 saturated heterocycles. The second-order valence-corrected chi connectivity index (χ2v) is 10.0. The molecule has 1 aromatic heterocycles. The largest absolute Gasteiger partial charge is 0.476 e. The minimum atomic E-state index is -1.72. The van der Waals surface area contributed by atoms with Crippen LogP contribution in [-0.2, 0) is 21.4 Å². The third-order valence-electron chi connectivity index (χ3n) is 7.56. The molecule has 3 aliphatic rings. The maximum absolute atomic E-state index is 13.9. The van der Waals surface area contributed by atoms with Gasteiger partial charge in [0, 0.05) is 17.2 Å². The van der Waals surface area contributed by atoms with Crippen LogP contribution in [0.3, 0.4) is 0 Å². The number of nitrogens with two attached hydrogens (primary N) is 1. The van der Waals surface area contributed by atoms with Crippen molar-refractivity contribution >= 4 is 45.3 Å². The predicted molar refractivity (Wildman–Crippen MR) is 132 cm³/mol. The van der Waals surface area contributed by atoms with Gasteiger partial charge in [0.2, 0.25) is 0 Å². The second-order valence-electron chi connectivity index (χ2n) is 10.0. The summed E-state index contributed by atoms with van der Waals surface area (Å²) in [4.78, 5) is 8.77. The Kier molecular flexibility index (Phi) is 5.33. The van der Waals surface area contributed by atoms with Crippen LogP contribution in [0.15, 0.2) is 41.7 Å². The van der Waals surface area contributed by atoms with Crippen LogP contribution in [0.5, 0.6) is 0 Å². The lowest BCUT2D eigenvalue weighted by Gasteiger charge is -2.54. The lowest BCUT2D eigenvalue weighted by Crippen LogP contribution is -2.60. The number of hydrogen-bond donors (Lipinski definition) is 1. The highest BCUT2D eigenvalue weighted by atomic mass is 19.1. The zero-order chi connectivity index (χ0) is 24.5. The van der Waals surface area contributed by atoms with E-state index in [1.807, 2.05) is 18.2 Å². The molecule has 11 heteroatoms. The third kappa shape index (κ3) is 3.54. The van der Waals surface area contributed by atoms with Gasteiger partial charge in [-0.15, -0.1) is 0 Å². The Balaban J connectivity index is 1.62. The summed E-state index contributed by atoms with van der Waals surface area (Å²) < 4.78 is 25.3. The van der Waals surface area contributed by atoms with Gasteiger partial charge < -0.3 is 15.2 Å². The van der Waals surface area contributed by atoms with E-state index in [1.165, 1.54) is 6.07 Å². The van der Waals surface area contributed by atoms with E-state index in [1.54, 1.807) is 6.20 Å². The van der Waals surface area contributed by atoms with Gasteiger partial charge in [0.15, 0.2) is 0 Å². The molecule has 162 valence electrons. The highest BCUT2D eigenvalue weighted by molar-refractivity contribution is 6.58. The Hall–Kier alpha value is -2.15. The smallest absolute Gasteiger partial charge is 0.281 e. The van der Waals surface area contributed by atoms with Crippen LogP contribution in [0, 0.1) is 17.2 Å². The Bertz CT molecular complexity index is 1170. The minimum Gasteiger partial charge on any atom is -0.476 e. The van der Waals surface area contributed by atoms with Crippen LogP contribution in [0.1, 0.15) is 37.3 Å². The summed E-state index contributed by atoms with van der Waals surface area (Å²) in [6, 6.07) is 7.24. The van der Waals surface area contributed by atoms with Crippen LogP contribution in [0.25, 0.3) is 11.1 Å². The molecule has 5 rings (SSSR count). The highest BCUT2D eigenvalue weighted by Gasteiger charge is 2.68. The second kappa shape index (κ2) is 7.68. The molecule has 5 nitrogen and oxygen atoms in total. The van der Waals surface area contributed by atoms with Gasteiger partial charge in [0.25, 0.3) is 6.02 Å². The molecule has 2 aromatic rings. The number of halogens is 1. The number of hydrogen-bond acceptors (Lipinski definition) is 5. The fourth-order valence-corrected chi connectivity index (χ4v) is 6.40. The molecular formula is C23H21B5FN3O2. The van der Waals surface area contributed by atoms with Gasteiger partial charge in [0.05, 0.1) is 41.2 Å². The molecule has 34 heavy (non-hydrogen) atoms. The summed E-state index contributed by atoms with van der Waals surface area (Å²) in [6.45, 7) is 2.05. The van der Waals surface area contributed by atoms with Gasteiger partial charge in [-0.1, -0.05) is 19.1 Å². The Morgan fingerprint density at radius 3 is 2.56 bits per heavy atom. The highest BCUT2D eigenvalue weighted by Crippen LogP contribution is 2.65. The standard InChI is InChI=1S/C23H21B5FN3O2/c1-12-8-20(5-4-18(12)33-23(26,27)28)9-14-3-2-13(15-6-16(29)11-31-10-15)7-17(14)21(20)22(24,25)34-19(30)32-21/h2-3,6-7,10-12,18H,4-5,8-9H2,1H3,(H2,30,32)/t12-,18-,20-,21+/m1/s1. The molecule has 4 atom stereocenters. The SMILES string of the molecule is [B]C([B])([B])O[C@@H]1CC[C@]2(Cc3ccc(-c4cncc(F)c4)cc3[C@]23N=C(N)OC3([B])[B])C[C@H]1C. The van der Waals surface area contributed by atoms with Crippen molar-refractivity contribution in [2.24, 2.45) is 22.1 Å². The number of nitrogens with zero attached hydrogens (tertiary/aromatic N) is 2. The van der Waals surface area contributed by atoms with Gasteiger partial charge in [-0.2, -0.15) is 0 Å². The van der Waals surface area contributed by atoms with Crippen molar-refractivity contribution in [3.63, 3.8) is 0 Å². The van der Waals surface area contributed by atoms with Crippen LogP contribution >= 0.6 is 0 Å². The summed E-state index contributed by atoms with van der Waals surface area (Å²) >= 11 is 0. The zero-order valence-electron chi connectivity index (χ0n) is 19.0. The maximum Gasteiger partial charge on any atom is 0.281 e. The van der Waals surface area contributed by atoms with E-state index in [2.05, 4.69) is 11.9 Å². The third-order valence-corrected chi connectivity index (χ3v) is 7.56. The molecule has 10 radical (unpaired) electrons. The Morgan fingerprint density at radius 1 is 1.18 bits per heavy atom. The van der Waals surface area contributed by atoms with E-state index in [9.17, 15) is 4.39 Å². The summed E-state index contributed by atoms with van der Waals surface area (Å²) in [7, 11) is 30.4. The first-order valence-electron chi connectivity index (χ1n) is 11.3. The van der Waals surface area contributed by atoms with E-state index in [0.717, 1.165) is 22.9 Å². The number of aliphatic imine (C=N–C) groups is 1. The number of ether oxygens (including phenoxy) is 2. The first-order valence-corrected chi connectivity index (χ1v) is 11.3. The van der Waals surface area contributed by atoms with Gasteiger partial charge in [-0.25, -0.2) is 9.38 Å². The molecule has 1 saturated carbocycles. The van der Waals surface area contributed by atoms with Gasteiger partial charge in [-0.3, -0.25) is 4.98 Å². The lowest BCUT2D eigenvalue weighted by atomic mass is 9.44. The normalized spacial score (nSPS) is 31.9. The minimum absolute atomic E-state index is 0.0228. The number of aromatic nitrogens is 1. The molecule has 1 aromatic carbocycles. The van der Waals surface area contributed by atoms with E-state index in [4.69, 9.17) is 59.4 Å². The van der Waals surface area contributed by atoms with Crippen LogP contribution < -0.4 is 5.73 Å². The molecular weight excluding hydrogens is 423 g/mol. The van der Waals surface area contributed by atoms with Gasteiger partial charge in [-0.05, 0) is 65.7 Å². The van der Waals surface area contributed by atoms with Crippen LogP contribution in [0.4, 0.5) is 4.39 Å². The number of benzene rings is 1. The fraction of sp³-hybridized carbons (Fsp3) is 0.478. The van der Waals surface area contributed by atoms with Crippen LogP contribution in [0.2, 0.25) is 0 Å². The molecule has 2 spiro atoms. The van der Waals surface area contributed by atoms with Crippen molar-refractivity contribution in [2.75, 3.05) is 0 Å². The molecule has 1 fully saturated rings. The monoisotopic (exact) mass is 445 g/mol. The van der Waals surface area contributed by atoms with Crippen LogP contribution in [-0.4, -0.2) is 67.0 Å². The molecule has 1 aliphatic heterocycles. The van der Waals surface area contributed by atoms with E-state index >= 15 is 0 Å². The van der Waals surface area contributed by atoms with Crippen molar-refractivity contribution < 1.29 is 13.9 Å². The summed E-state index contributed by atoms with van der Waals surface area (Å²) in [5.41, 5.74) is 7.65. The van der Waals surface area contributed by atoms with E-state index in [0.29, 0.717) is 31.2 Å². The van der Waals surface area contributed by atoms with Gasteiger partial charge in [0.1, 0.15) is 27.0 Å². The quantitative estimate of drug-likeness (QED) is 0.725. The Labute approximate surface area is 205 Å². The number of pyridine rings is 1. The Morgan fingerprint density at radius 2 is 1.94 bits per heavy atom. The lowest BCUT2D eigenvalue weighted by molar-refractivity contribution is -0.0743. The van der Waals surface area contributed by atoms with Gasteiger partial charge >= 0.3 is 0 Å². The summed E-state index contributed by atoms with van der Waals surface area (Å²) in [6.07, 6.45) is 5.11. The molecule has 0 unspecified atom stereocenters. The van der Waals surface area contributed by atoms with Crippen molar-refractivity contribution in [1.82, 2.24) is 4.98 Å². The molecule has 0 bridgehead atoms. The maximum atomic E-state index is 13.9.